The van der Waals surface area contributed by atoms with Gasteiger partial charge in [0, 0.05) is 4.47 Å². The van der Waals surface area contributed by atoms with Crippen molar-refractivity contribution in [2.24, 2.45) is 0 Å². The molecule has 0 amide bonds. The summed E-state index contributed by atoms with van der Waals surface area (Å²) in [4.78, 5) is 22.5. The fourth-order valence-corrected chi connectivity index (χ4v) is 2.69. The van der Waals surface area contributed by atoms with Crippen molar-refractivity contribution in [2.45, 2.75) is 26.4 Å². The third kappa shape index (κ3) is 5.32. The molecule has 0 saturated heterocycles. The van der Waals surface area contributed by atoms with Gasteiger partial charge in [0.05, 0.1) is 10.0 Å². The van der Waals surface area contributed by atoms with Crippen LogP contribution in [0.1, 0.15) is 31.1 Å². The van der Waals surface area contributed by atoms with Crippen molar-refractivity contribution >= 4 is 44.1 Å². The second-order valence-corrected chi connectivity index (χ2v) is 6.57. The first-order valence-corrected chi connectivity index (χ1v) is 7.10. The Morgan fingerprint density at radius 2 is 1.95 bits per heavy atom. The van der Waals surface area contributed by atoms with Gasteiger partial charge in [-0.2, -0.15) is 0 Å². The molecule has 0 aliphatic rings. The number of rotatable bonds is 4. The molecule has 1 aromatic rings. The minimum Gasteiger partial charge on any atom is -0.480 e. The third-order valence-electron chi connectivity index (χ3n) is 1.92. The minimum absolute atomic E-state index is 0.252. The van der Waals surface area contributed by atoms with Crippen molar-refractivity contribution in [3.05, 3.63) is 26.6 Å². The van der Waals surface area contributed by atoms with Gasteiger partial charge in [-0.1, -0.05) is 15.9 Å². The van der Waals surface area contributed by atoms with E-state index in [4.69, 9.17) is 9.47 Å². The summed E-state index contributed by atoms with van der Waals surface area (Å²) in [6, 6.07) is 3.35. The van der Waals surface area contributed by atoms with E-state index in [1.807, 2.05) is 0 Å². The third-order valence-corrected chi connectivity index (χ3v) is 2.97. The van der Waals surface area contributed by atoms with E-state index in [1.54, 1.807) is 32.9 Å². The number of benzene rings is 1. The molecule has 104 valence electrons. The Labute approximate surface area is 128 Å². The molecule has 0 fully saturated rings. The summed E-state index contributed by atoms with van der Waals surface area (Å²) in [6.45, 7) is 5.07. The SMILES string of the molecule is CC(C)(C)OC(=O)COc1c(Br)cc(Br)cc1C=O. The van der Waals surface area contributed by atoms with E-state index in [2.05, 4.69) is 31.9 Å². The van der Waals surface area contributed by atoms with E-state index in [1.165, 1.54) is 0 Å². The fraction of sp³-hybridized carbons (Fsp3) is 0.385. The predicted octanol–water partition coefficient (Wildman–Crippen LogP) is 3.74. The Bertz CT molecular complexity index is 492. The first-order valence-electron chi connectivity index (χ1n) is 5.52. The average molecular weight is 394 g/mol. The molecule has 0 aliphatic carbocycles. The van der Waals surface area contributed by atoms with Crippen LogP contribution in [0.15, 0.2) is 21.1 Å². The Hall–Kier alpha value is -0.880. The lowest BCUT2D eigenvalue weighted by Gasteiger charge is -2.19. The molecule has 0 spiro atoms. The molecule has 1 rings (SSSR count). The van der Waals surface area contributed by atoms with Crippen LogP contribution in [-0.4, -0.2) is 24.5 Å². The number of aldehydes is 1. The Kier molecular flexibility index (Phi) is 5.55. The summed E-state index contributed by atoms with van der Waals surface area (Å²) >= 11 is 6.56. The lowest BCUT2D eigenvalue weighted by Crippen LogP contribution is -2.27. The van der Waals surface area contributed by atoms with Crippen molar-refractivity contribution in [1.82, 2.24) is 0 Å². The summed E-state index contributed by atoms with van der Waals surface area (Å²) in [5, 5.41) is 0. The number of hydrogen-bond donors (Lipinski definition) is 0. The standard InChI is InChI=1S/C13H14Br2O4/c1-13(2,3)19-11(17)7-18-12-8(6-16)4-9(14)5-10(12)15/h4-6H,7H2,1-3H3. The van der Waals surface area contributed by atoms with Crippen molar-refractivity contribution in [3.63, 3.8) is 0 Å². The number of hydrogen-bond acceptors (Lipinski definition) is 4. The van der Waals surface area contributed by atoms with E-state index >= 15 is 0 Å². The fourth-order valence-electron chi connectivity index (χ4n) is 1.32. The van der Waals surface area contributed by atoms with Gasteiger partial charge >= 0.3 is 5.97 Å². The zero-order valence-corrected chi connectivity index (χ0v) is 14.0. The maximum absolute atomic E-state index is 11.5. The molecule has 0 saturated carbocycles. The van der Waals surface area contributed by atoms with E-state index in [0.29, 0.717) is 22.1 Å². The first kappa shape index (κ1) is 16.2. The summed E-state index contributed by atoms with van der Waals surface area (Å²) in [5.41, 5.74) is -0.213. The number of carbonyl (C=O) groups is 2. The van der Waals surface area contributed by atoms with Crippen LogP contribution in [0.4, 0.5) is 0 Å². The van der Waals surface area contributed by atoms with Crippen LogP contribution < -0.4 is 4.74 Å². The topological polar surface area (TPSA) is 52.6 Å². The van der Waals surface area contributed by atoms with Gasteiger partial charge in [0.2, 0.25) is 0 Å². The monoisotopic (exact) mass is 392 g/mol. The van der Waals surface area contributed by atoms with E-state index in [0.717, 1.165) is 4.47 Å². The molecule has 0 atom stereocenters. The highest BCUT2D eigenvalue weighted by Gasteiger charge is 2.18. The Balaban J connectivity index is 2.78. The van der Waals surface area contributed by atoms with Crippen molar-refractivity contribution in [1.29, 1.82) is 0 Å². The van der Waals surface area contributed by atoms with Crippen molar-refractivity contribution < 1.29 is 19.1 Å². The van der Waals surface area contributed by atoms with Crippen LogP contribution in [0.2, 0.25) is 0 Å². The zero-order chi connectivity index (χ0) is 14.6. The van der Waals surface area contributed by atoms with Gasteiger partial charge in [0.15, 0.2) is 12.9 Å². The van der Waals surface area contributed by atoms with Gasteiger partial charge in [-0.05, 0) is 48.8 Å². The normalized spacial score (nSPS) is 11.0. The molecule has 0 aliphatic heterocycles. The molecule has 0 unspecified atom stereocenters. The largest absolute Gasteiger partial charge is 0.480 e. The van der Waals surface area contributed by atoms with Crippen LogP contribution in [-0.2, 0) is 9.53 Å². The van der Waals surface area contributed by atoms with E-state index in [-0.39, 0.29) is 6.61 Å². The molecular weight excluding hydrogens is 380 g/mol. The van der Waals surface area contributed by atoms with Crippen molar-refractivity contribution in [2.75, 3.05) is 6.61 Å². The van der Waals surface area contributed by atoms with Gasteiger partial charge in [0.25, 0.3) is 0 Å². The summed E-state index contributed by atoms with van der Waals surface area (Å²) in [5.74, 6) is -0.164. The Morgan fingerprint density at radius 1 is 1.32 bits per heavy atom. The van der Waals surface area contributed by atoms with Gasteiger partial charge in [-0.3, -0.25) is 4.79 Å². The van der Waals surface area contributed by atoms with E-state index < -0.39 is 11.6 Å². The van der Waals surface area contributed by atoms with Crippen LogP contribution >= 0.6 is 31.9 Å². The molecule has 0 aromatic heterocycles. The van der Waals surface area contributed by atoms with Crippen LogP contribution in [0.25, 0.3) is 0 Å². The zero-order valence-electron chi connectivity index (χ0n) is 10.8. The van der Waals surface area contributed by atoms with Gasteiger partial charge in [-0.25, -0.2) is 4.79 Å². The number of ether oxygens (including phenoxy) is 2. The van der Waals surface area contributed by atoms with Gasteiger partial charge in [-0.15, -0.1) is 0 Å². The van der Waals surface area contributed by atoms with Gasteiger partial charge < -0.3 is 9.47 Å². The van der Waals surface area contributed by atoms with Crippen LogP contribution in [0.5, 0.6) is 5.75 Å². The van der Waals surface area contributed by atoms with Gasteiger partial charge in [0.1, 0.15) is 11.4 Å². The molecule has 0 heterocycles. The second kappa shape index (κ2) is 6.52. The molecule has 19 heavy (non-hydrogen) atoms. The predicted molar refractivity (Wildman–Crippen MR) is 78.6 cm³/mol. The minimum atomic E-state index is -0.565. The molecule has 0 N–H and O–H groups in total. The number of carbonyl (C=O) groups excluding carboxylic acids is 2. The lowest BCUT2D eigenvalue weighted by atomic mass is 10.2. The lowest BCUT2D eigenvalue weighted by molar-refractivity contribution is -0.157. The number of esters is 1. The molecule has 0 radical (unpaired) electrons. The smallest absolute Gasteiger partial charge is 0.344 e. The molecule has 6 heteroatoms. The summed E-state index contributed by atoms with van der Waals surface area (Å²) < 4.78 is 11.8. The van der Waals surface area contributed by atoms with Crippen LogP contribution in [0.3, 0.4) is 0 Å². The summed E-state index contributed by atoms with van der Waals surface area (Å²) in [7, 11) is 0. The number of halogens is 2. The molecule has 1 aromatic carbocycles. The highest BCUT2D eigenvalue weighted by atomic mass is 79.9. The maximum atomic E-state index is 11.5. The maximum Gasteiger partial charge on any atom is 0.344 e. The molecular formula is C13H14Br2O4. The second-order valence-electron chi connectivity index (χ2n) is 4.80. The molecule has 4 nitrogen and oxygen atoms in total. The average Bonchev–Trinajstić information content (AvgIpc) is 2.24. The van der Waals surface area contributed by atoms with E-state index in [9.17, 15) is 9.59 Å². The molecule has 0 bridgehead atoms. The quantitative estimate of drug-likeness (QED) is 0.577. The van der Waals surface area contributed by atoms with Crippen molar-refractivity contribution in [3.8, 4) is 5.75 Å². The van der Waals surface area contributed by atoms with Crippen LogP contribution in [0, 0.1) is 0 Å². The summed E-state index contributed by atoms with van der Waals surface area (Å²) in [6.07, 6.45) is 0.667. The Morgan fingerprint density at radius 3 is 2.47 bits per heavy atom. The highest BCUT2D eigenvalue weighted by Crippen LogP contribution is 2.32. The first-order chi connectivity index (χ1) is 8.73. The highest BCUT2D eigenvalue weighted by molar-refractivity contribution is 9.11.